The Morgan fingerprint density at radius 1 is 1.58 bits per heavy atom. The van der Waals surface area contributed by atoms with Crippen LogP contribution in [-0.2, 0) is 4.79 Å². The van der Waals surface area contributed by atoms with Crippen LogP contribution in [0.5, 0.6) is 0 Å². The molecule has 1 N–H and O–H groups in total. The first-order chi connectivity index (χ1) is 5.77. The molecule has 2 aliphatic carbocycles. The van der Waals surface area contributed by atoms with Gasteiger partial charge in [0.25, 0.3) is 0 Å². The first-order valence-corrected chi connectivity index (χ1v) is 4.69. The first-order valence-electron chi connectivity index (χ1n) is 4.69. The van der Waals surface area contributed by atoms with Gasteiger partial charge in [-0.15, -0.1) is 0 Å². The maximum atomic E-state index is 10.7. The van der Waals surface area contributed by atoms with Crippen molar-refractivity contribution in [2.75, 3.05) is 0 Å². The van der Waals surface area contributed by atoms with Crippen LogP contribution in [0.4, 0.5) is 0 Å². The second-order valence-electron chi connectivity index (χ2n) is 3.88. The molecular weight excluding hydrogens is 152 g/mol. The Morgan fingerprint density at radius 2 is 2.42 bits per heavy atom. The second-order valence-corrected chi connectivity index (χ2v) is 3.88. The lowest BCUT2D eigenvalue weighted by Crippen LogP contribution is -2.09. The van der Waals surface area contributed by atoms with Crippen LogP contribution in [0.25, 0.3) is 0 Å². The summed E-state index contributed by atoms with van der Waals surface area (Å²) in [5, 5.41) is 8.83. The fourth-order valence-corrected chi connectivity index (χ4v) is 2.42. The lowest BCUT2D eigenvalue weighted by Gasteiger charge is -2.15. The highest BCUT2D eigenvalue weighted by atomic mass is 16.4. The van der Waals surface area contributed by atoms with Crippen molar-refractivity contribution in [2.24, 2.45) is 11.8 Å². The average molecular weight is 166 g/mol. The molecule has 0 aromatic rings. The van der Waals surface area contributed by atoms with Crippen LogP contribution in [-0.4, -0.2) is 11.1 Å². The van der Waals surface area contributed by atoms with Gasteiger partial charge in [-0.1, -0.05) is 11.6 Å². The number of carbonyl (C=O) groups is 1. The van der Waals surface area contributed by atoms with Gasteiger partial charge in [-0.2, -0.15) is 0 Å². The van der Waals surface area contributed by atoms with Crippen molar-refractivity contribution in [3.05, 3.63) is 11.6 Å². The Kier molecular flexibility index (Phi) is 1.91. The maximum Gasteiger partial charge on any atom is 0.306 e. The van der Waals surface area contributed by atoms with E-state index in [4.69, 9.17) is 5.11 Å². The summed E-state index contributed by atoms with van der Waals surface area (Å²) in [5.74, 6) is -0.0792. The molecule has 66 valence electrons. The van der Waals surface area contributed by atoms with Gasteiger partial charge in [-0.05, 0) is 38.0 Å². The van der Waals surface area contributed by atoms with Crippen LogP contribution in [0.15, 0.2) is 11.6 Å². The molecule has 0 heterocycles. The Hall–Kier alpha value is -0.790. The van der Waals surface area contributed by atoms with E-state index in [-0.39, 0.29) is 5.92 Å². The summed E-state index contributed by atoms with van der Waals surface area (Å²) >= 11 is 0. The van der Waals surface area contributed by atoms with Gasteiger partial charge in [0.2, 0.25) is 0 Å². The van der Waals surface area contributed by atoms with Gasteiger partial charge in [-0.25, -0.2) is 0 Å². The van der Waals surface area contributed by atoms with E-state index in [1.807, 2.05) is 0 Å². The number of fused-ring (bicyclic) bond motifs is 1. The third-order valence-corrected chi connectivity index (χ3v) is 3.09. The molecule has 0 aliphatic heterocycles. The van der Waals surface area contributed by atoms with Gasteiger partial charge in [0.05, 0.1) is 5.92 Å². The average Bonchev–Trinajstić information content (AvgIpc) is 2.46. The number of rotatable bonds is 1. The van der Waals surface area contributed by atoms with E-state index >= 15 is 0 Å². The van der Waals surface area contributed by atoms with Crippen LogP contribution in [0.1, 0.15) is 32.1 Å². The summed E-state index contributed by atoms with van der Waals surface area (Å²) in [7, 11) is 0. The lowest BCUT2D eigenvalue weighted by molar-refractivity contribution is -0.141. The van der Waals surface area contributed by atoms with Crippen molar-refractivity contribution in [1.29, 1.82) is 0 Å². The van der Waals surface area contributed by atoms with Gasteiger partial charge in [0, 0.05) is 0 Å². The van der Waals surface area contributed by atoms with Crippen LogP contribution >= 0.6 is 0 Å². The summed E-state index contributed by atoms with van der Waals surface area (Å²) in [6.45, 7) is 0. The van der Waals surface area contributed by atoms with E-state index in [1.54, 1.807) is 0 Å². The number of carboxylic acids is 1. The second kappa shape index (κ2) is 2.92. The highest BCUT2D eigenvalue weighted by molar-refractivity contribution is 5.71. The number of allylic oxidation sites excluding steroid dienone is 2. The minimum absolute atomic E-state index is 0.0839. The highest BCUT2D eigenvalue weighted by Crippen LogP contribution is 2.41. The minimum atomic E-state index is -0.606. The summed E-state index contributed by atoms with van der Waals surface area (Å²) in [4.78, 5) is 10.7. The van der Waals surface area contributed by atoms with Crippen molar-refractivity contribution in [3.63, 3.8) is 0 Å². The van der Waals surface area contributed by atoms with E-state index < -0.39 is 5.97 Å². The summed E-state index contributed by atoms with van der Waals surface area (Å²) in [5.41, 5.74) is 1.42. The van der Waals surface area contributed by atoms with Crippen LogP contribution in [0.3, 0.4) is 0 Å². The molecule has 0 spiro atoms. The Labute approximate surface area is 72.3 Å². The van der Waals surface area contributed by atoms with Crippen LogP contribution in [0.2, 0.25) is 0 Å². The fourth-order valence-electron chi connectivity index (χ4n) is 2.42. The molecule has 12 heavy (non-hydrogen) atoms. The molecule has 0 saturated heterocycles. The number of hydrogen-bond acceptors (Lipinski definition) is 1. The monoisotopic (exact) mass is 166 g/mol. The minimum Gasteiger partial charge on any atom is -0.481 e. The fraction of sp³-hybridized carbons (Fsp3) is 0.700. The van der Waals surface area contributed by atoms with E-state index in [0.29, 0.717) is 5.92 Å². The van der Waals surface area contributed by atoms with Crippen LogP contribution < -0.4 is 0 Å². The van der Waals surface area contributed by atoms with Gasteiger partial charge >= 0.3 is 5.97 Å². The maximum absolute atomic E-state index is 10.7. The molecule has 0 radical (unpaired) electrons. The zero-order chi connectivity index (χ0) is 8.55. The van der Waals surface area contributed by atoms with Crippen molar-refractivity contribution in [2.45, 2.75) is 32.1 Å². The SMILES string of the molecule is O=C(O)C1CC2=CCCCC2C1. The van der Waals surface area contributed by atoms with E-state index in [0.717, 1.165) is 19.3 Å². The van der Waals surface area contributed by atoms with Gasteiger partial charge in [-0.3, -0.25) is 4.79 Å². The van der Waals surface area contributed by atoms with Crippen molar-refractivity contribution < 1.29 is 9.90 Å². The highest BCUT2D eigenvalue weighted by Gasteiger charge is 2.33. The predicted octanol–water partition coefficient (Wildman–Crippen LogP) is 2.21. The zero-order valence-electron chi connectivity index (χ0n) is 7.12. The normalized spacial score (nSPS) is 34.2. The van der Waals surface area contributed by atoms with Crippen molar-refractivity contribution in [1.82, 2.24) is 0 Å². The molecule has 0 bridgehead atoms. The van der Waals surface area contributed by atoms with Gasteiger partial charge in [0.1, 0.15) is 0 Å². The molecule has 1 saturated carbocycles. The predicted molar refractivity (Wildman–Crippen MR) is 45.8 cm³/mol. The molecule has 0 aromatic heterocycles. The smallest absolute Gasteiger partial charge is 0.306 e. The van der Waals surface area contributed by atoms with E-state index in [2.05, 4.69) is 6.08 Å². The molecule has 0 amide bonds. The number of aliphatic carboxylic acids is 1. The summed E-state index contributed by atoms with van der Waals surface area (Å²) in [6.07, 6.45) is 7.60. The molecule has 2 rings (SSSR count). The molecule has 0 aromatic carbocycles. The topological polar surface area (TPSA) is 37.3 Å². The third-order valence-electron chi connectivity index (χ3n) is 3.09. The molecule has 1 fully saturated rings. The third kappa shape index (κ3) is 1.26. The molecule has 2 nitrogen and oxygen atoms in total. The summed E-state index contributed by atoms with van der Waals surface area (Å²) in [6, 6.07) is 0. The number of carboxylic acid groups (broad SMARTS) is 1. The molecule has 2 unspecified atom stereocenters. The van der Waals surface area contributed by atoms with Crippen molar-refractivity contribution in [3.8, 4) is 0 Å². The largest absolute Gasteiger partial charge is 0.481 e. The summed E-state index contributed by atoms with van der Waals surface area (Å²) < 4.78 is 0. The van der Waals surface area contributed by atoms with E-state index in [9.17, 15) is 4.79 Å². The Morgan fingerprint density at radius 3 is 3.08 bits per heavy atom. The zero-order valence-corrected chi connectivity index (χ0v) is 7.12. The van der Waals surface area contributed by atoms with E-state index in [1.165, 1.54) is 18.4 Å². The van der Waals surface area contributed by atoms with Gasteiger partial charge < -0.3 is 5.11 Å². The first kappa shape index (κ1) is 7.84. The molecule has 2 atom stereocenters. The molecule has 2 heteroatoms. The molecule has 2 aliphatic rings. The quantitative estimate of drug-likeness (QED) is 0.606. The Balaban J connectivity index is 2.09. The lowest BCUT2D eigenvalue weighted by atomic mass is 9.90. The van der Waals surface area contributed by atoms with Crippen molar-refractivity contribution >= 4 is 5.97 Å². The Bertz CT molecular complexity index is 230. The molecular formula is C10H14O2. The van der Waals surface area contributed by atoms with Crippen LogP contribution in [0, 0.1) is 11.8 Å². The van der Waals surface area contributed by atoms with Gasteiger partial charge in [0.15, 0.2) is 0 Å². The standard InChI is InChI=1S/C10H14O2/c11-10(12)9-5-7-3-1-2-4-8(7)6-9/h3,8-9H,1-2,4-6H2,(H,11,12). The number of hydrogen-bond donors (Lipinski definition) is 1.